The summed E-state index contributed by atoms with van der Waals surface area (Å²) in [5.74, 6) is -1.16. The molecule has 0 aliphatic rings. The molecule has 0 saturated heterocycles. The van der Waals surface area contributed by atoms with Gasteiger partial charge in [-0.2, -0.15) is 13.2 Å². The number of nitrogens with one attached hydrogen (secondary N) is 3. The van der Waals surface area contributed by atoms with Crippen LogP contribution in [0.5, 0.6) is 11.5 Å². The molecule has 0 saturated carbocycles. The third-order valence-electron chi connectivity index (χ3n) is 5.54. The van der Waals surface area contributed by atoms with Crippen LogP contribution in [0.4, 0.5) is 23.7 Å². The molecule has 3 aromatic rings. The minimum absolute atomic E-state index is 0.0531. The van der Waals surface area contributed by atoms with E-state index in [4.69, 9.17) is 50.7 Å². The van der Waals surface area contributed by atoms with Gasteiger partial charge in [0.05, 0.1) is 19.8 Å². The van der Waals surface area contributed by atoms with Crippen molar-refractivity contribution in [2.24, 2.45) is 5.73 Å². The number of carbonyl (C=O) groups excluding carboxylic acids is 1. The summed E-state index contributed by atoms with van der Waals surface area (Å²) in [6.07, 6.45) is -0.727. The number of alkyl carbamates (subject to hydrolysis) is 1. The van der Waals surface area contributed by atoms with Crippen LogP contribution >= 0.6 is 7.60 Å². The number of hydrogen-bond acceptors (Lipinski definition) is 9. The molecule has 0 bridgehead atoms. The number of carbonyl (C=O) groups is 2. The van der Waals surface area contributed by atoms with Crippen LogP contribution in [0.3, 0.4) is 0 Å². The second-order valence-electron chi connectivity index (χ2n) is 9.26. The van der Waals surface area contributed by atoms with Gasteiger partial charge in [-0.1, -0.05) is 54.5 Å². The van der Waals surface area contributed by atoms with Crippen molar-refractivity contribution in [3.63, 3.8) is 0 Å². The molecule has 0 fully saturated rings. The predicted molar refractivity (Wildman–Crippen MR) is 170 cm³/mol. The van der Waals surface area contributed by atoms with E-state index in [1.54, 1.807) is 84.9 Å². The van der Waals surface area contributed by atoms with E-state index < -0.39 is 31.6 Å². The lowest BCUT2D eigenvalue weighted by Gasteiger charge is -2.28. The smallest absolute Gasteiger partial charge is 0.475 e. The van der Waals surface area contributed by atoms with Crippen molar-refractivity contribution in [2.75, 3.05) is 38.4 Å². The van der Waals surface area contributed by atoms with Gasteiger partial charge in [0, 0.05) is 12.1 Å². The zero-order valence-corrected chi connectivity index (χ0v) is 26.2. The number of amides is 1. The van der Waals surface area contributed by atoms with E-state index in [2.05, 4.69) is 16.6 Å². The van der Waals surface area contributed by atoms with Crippen molar-refractivity contribution in [1.82, 2.24) is 5.32 Å². The highest BCUT2D eigenvalue weighted by Gasteiger charge is 2.41. The molecule has 3 rings (SSSR count). The molecule has 6 N–H and O–H groups in total. The molecular formula is C31H34F3N4O9P. The Morgan fingerprint density at radius 2 is 1.40 bits per heavy atom. The van der Waals surface area contributed by atoms with Gasteiger partial charge in [-0.3, -0.25) is 5.41 Å². The molecule has 13 nitrogen and oxygen atoms in total. The standard InChI is InChI=1S/C29H33N4O7P.C2HF3O2/c1-2-17-36-18-19-37-20-21-38-29(34)33-27(22-23-13-15-24(16-14-23)32-28(30)31)41(35,39-25-9-5-3-6-10-25)40-26-11-7-4-8-12-26;3-2(4,5)1(6)7/h1,3-16,27H,17-22H2,(H,33,34)(H4,30,31,32);(H,6,7). The molecule has 0 aliphatic carbocycles. The van der Waals surface area contributed by atoms with Gasteiger partial charge in [0.2, 0.25) is 0 Å². The number of guanidine groups is 1. The van der Waals surface area contributed by atoms with Crippen molar-refractivity contribution in [3.8, 4) is 23.8 Å². The van der Waals surface area contributed by atoms with Crippen LogP contribution in [0, 0.1) is 17.8 Å². The number of rotatable bonds is 16. The Kier molecular flexibility index (Phi) is 16.3. The lowest BCUT2D eigenvalue weighted by molar-refractivity contribution is -0.192. The number of carboxylic acid groups (broad SMARTS) is 1. The van der Waals surface area contributed by atoms with Crippen molar-refractivity contribution in [2.45, 2.75) is 18.4 Å². The second-order valence-corrected chi connectivity index (χ2v) is 11.3. The molecule has 0 heterocycles. The molecule has 0 aromatic heterocycles. The summed E-state index contributed by atoms with van der Waals surface area (Å²) in [5, 5.41) is 19.9. The Balaban J connectivity index is 0.00000103. The first-order valence-corrected chi connectivity index (χ1v) is 15.5. The number of anilines is 1. The maximum atomic E-state index is 14.5. The quantitative estimate of drug-likeness (QED) is 0.0433. The predicted octanol–water partition coefficient (Wildman–Crippen LogP) is 5.24. The maximum absolute atomic E-state index is 14.5. The number of benzene rings is 3. The number of nitrogens with two attached hydrogens (primary N) is 1. The number of terminal acetylenes is 1. The maximum Gasteiger partial charge on any atom is 0.490 e. The van der Waals surface area contributed by atoms with Gasteiger partial charge < -0.3 is 44.7 Å². The molecule has 1 unspecified atom stereocenters. The molecular weight excluding hydrogens is 660 g/mol. The molecule has 258 valence electrons. The Morgan fingerprint density at radius 3 is 1.88 bits per heavy atom. The van der Waals surface area contributed by atoms with E-state index in [9.17, 15) is 22.5 Å². The Labute approximate surface area is 274 Å². The molecule has 3 aromatic carbocycles. The lowest BCUT2D eigenvalue weighted by Crippen LogP contribution is -2.39. The van der Waals surface area contributed by atoms with Crippen LogP contribution < -0.4 is 25.4 Å². The van der Waals surface area contributed by atoms with Gasteiger partial charge in [0.25, 0.3) is 0 Å². The summed E-state index contributed by atoms with van der Waals surface area (Å²) in [5.41, 5.74) is 6.71. The van der Waals surface area contributed by atoms with Crippen LogP contribution in [-0.4, -0.2) is 68.1 Å². The number of halogens is 3. The molecule has 0 aliphatic heterocycles. The van der Waals surface area contributed by atoms with Crippen LogP contribution in [-0.2, 0) is 30.0 Å². The van der Waals surface area contributed by atoms with E-state index >= 15 is 0 Å². The zero-order chi connectivity index (χ0) is 35.4. The fraction of sp³-hybridized carbons (Fsp3) is 0.258. The van der Waals surface area contributed by atoms with Gasteiger partial charge in [-0.05, 0) is 42.0 Å². The average Bonchev–Trinajstić information content (AvgIpc) is 3.03. The normalized spacial score (nSPS) is 11.5. The Morgan fingerprint density at radius 1 is 0.896 bits per heavy atom. The van der Waals surface area contributed by atoms with Crippen molar-refractivity contribution in [1.29, 1.82) is 5.41 Å². The van der Waals surface area contributed by atoms with Gasteiger partial charge in [-0.25, -0.2) is 14.2 Å². The van der Waals surface area contributed by atoms with E-state index in [0.29, 0.717) is 29.4 Å². The van der Waals surface area contributed by atoms with Crippen LogP contribution in [0.25, 0.3) is 0 Å². The molecule has 17 heteroatoms. The third kappa shape index (κ3) is 15.4. The van der Waals surface area contributed by atoms with Gasteiger partial charge in [0.1, 0.15) is 24.7 Å². The SMILES string of the molecule is C#CCOCCOCCOC(=O)NC(Cc1ccc(NC(=N)N)cc1)P(=O)(Oc1ccccc1)Oc1ccccc1.O=C(O)C(F)(F)F. The average molecular weight is 695 g/mol. The van der Waals surface area contributed by atoms with Crippen molar-refractivity contribution < 1.29 is 55.7 Å². The molecule has 0 spiro atoms. The Hall–Kier alpha value is -5.23. The highest BCUT2D eigenvalue weighted by atomic mass is 31.2. The fourth-order valence-electron chi connectivity index (χ4n) is 3.47. The van der Waals surface area contributed by atoms with Gasteiger partial charge in [-0.15, -0.1) is 6.42 Å². The number of alkyl halides is 3. The van der Waals surface area contributed by atoms with E-state index in [-0.39, 0.29) is 38.8 Å². The zero-order valence-electron chi connectivity index (χ0n) is 25.4. The van der Waals surface area contributed by atoms with Crippen LogP contribution in [0.1, 0.15) is 5.56 Å². The largest absolute Gasteiger partial charge is 0.490 e. The first-order chi connectivity index (χ1) is 22.8. The molecule has 48 heavy (non-hydrogen) atoms. The number of ether oxygens (including phenoxy) is 3. The van der Waals surface area contributed by atoms with Crippen molar-refractivity contribution in [3.05, 3.63) is 90.5 Å². The summed E-state index contributed by atoms with van der Waals surface area (Å²) >= 11 is 0. The molecule has 1 atom stereocenters. The number of carboxylic acids is 1. The summed E-state index contributed by atoms with van der Waals surface area (Å²) in [4.78, 5) is 21.7. The van der Waals surface area contributed by atoms with Gasteiger partial charge >= 0.3 is 25.8 Å². The lowest BCUT2D eigenvalue weighted by atomic mass is 10.1. The van der Waals surface area contributed by atoms with E-state index in [1.807, 2.05) is 0 Å². The monoisotopic (exact) mass is 694 g/mol. The number of aliphatic carboxylic acids is 1. The number of hydrogen-bond donors (Lipinski definition) is 5. The topological polar surface area (TPSA) is 192 Å². The van der Waals surface area contributed by atoms with Crippen molar-refractivity contribution >= 4 is 31.3 Å². The summed E-state index contributed by atoms with van der Waals surface area (Å²) < 4.78 is 73.9. The Bertz CT molecular complexity index is 1480. The highest BCUT2D eigenvalue weighted by Crippen LogP contribution is 2.53. The first kappa shape index (κ1) is 39.0. The molecule has 1 amide bonds. The molecule has 0 radical (unpaired) electrons. The highest BCUT2D eigenvalue weighted by molar-refractivity contribution is 7.55. The first-order valence-electron chi connectivity index (χ1n) is 13.9. The summed E-state index contributed by atoms with van der Waals surface area (Å²) in [7, 11) is -4.13. The van der Waals surface area contributed by atoms with Crippen LogP contribution in [0.2, 0.25) is 0 Å². The minimum atomic E-state index is -5.08. The third-order valence-corrected chi connectivity index (χ3v) is 7.55. The second kappa shape index (κ2) is 20.1. The van der Waals surface area contributed by atoms with E-state index in [1.165, 1.54) is 0 Å². The number of para-hydroxylation sites is 2. The van der Waals surface area contributed by atoms with Crippen LogP contribution in [0.15, 0.2) is 84.9 Å². The summed E-state index contributed by atoms with van der Waals surface area (Å²) in [6, 6.07) is 24.0. The minimum Gasteiger partial charge on any atom is -0.475 e. The van der Waals surface area contributed by atoms with Gasteiger partial charge in [0.15, 0.2) is 11.7 Å². The fourth-order valence-corrected chi connectivity index (χ4v) is 5.29. The summed E-state index contributed by atoms with van der Waals surface area (Å²) in [6.45, 7) is 0.865. The van der Waals surface area contributed by atoms with E-state index in [0.717, 1.165) is 0 Å².